The van der Waals surface area contributed by atoms with Crippen LogP contribution in [-0.4, -0.2) is 105 Å². The molecule has 0 bridgehead atoms. The quantitative estimate of drug-likeness (QED) is 0.179. The molecule has 0 radical (unpaired) electrons. The lowest BCUT2D eigenvalue weighted by atomic mass is 9.97. The molecule has 2 heterocycles. The third kappa shape index (κ3) is 4.01. The average Bonchev–Trinajstić information content (AvgIpc) is 2.58. The summed E-state index contributed by atoms with van der Waals surface area (Å²) < 4.78 is 21.2. The van der Waals surface area contributed by atoms with Crippen LogP contribution in [0, 0.1) is 0 Å². The number of ether oxygens (including phenoxy) is 4. The first kappa shape index (κ1) is 20.6. The molecule has 10 unspecified atom stereocenters. The van der Waals surface area contributed by atoms with E-state index in [0.29, 0.717) is 0 Å². The molecule has 2 saturated heterocycles. The van der Waals surface area contributed by atoms with Crippen LogP contribution in [0.25, 0.3) is 0 Å². The van der Waals surface area contributed by atoms with Crippen LogP contribution in [0.3, 0.4) is 0 Å². The van der Waals surface area contributed by atoms with Crippen molar-refractivity contribution in [2.24, 2.45) is 5.73 Å². The average molecular weight is 465 g/mol. The van der Waals surface area contributed by atoms with Crippen molar-refractivity contribution in [1.29, 1.82) is 0 Å². The zero-order chi connectivity index (χ0) is 18.0. The Balaban J connectivity index is 2.16. The van der Waals surface area contributed by atoms with Gasteiger partial charge in [-0.3, -0.25) is 0 Å². The number of hydrogen-bond donors (Lipinski definition) is 6. The highest BCUT2D eigenvalue weighted by Gasteiger charge is 2.50. The van der Waals surface area contributed by atoms with Gasteiger partial charge in [-0.25, -0.2) is 0 Å². The van der Waals surface area contributed by atoms with Crippen molar-refractivity contribution < 1.29 is 44.5 Å². The van der Waals surface area contributed by atoms with Crippen molar-refractivity contribution in [1.82, 2.24) is 0 Å². The number of hydrogen-bond acceptors (Lipinski definition) is 10. The van der Waals surface area contributed by atoms with E-state index in [1.165, 1.54) is 7.11 Å². The number of aliphatic hydroxyl groups is 5. The highest BCUT2D eigenvalue weighted by atomic mass is 127. The largest absolute Gasteiger partial charge is 0.394 e. The van der Waals surface area contributed by atoms with E-state index in [1.54, 1.807) is 0 Å². The fourth-order valence-electron chi connectivity index (χ4n) is 2.82. The van der Waals surface area contributed by atoms with E-state index in [-0.39, 0.29) is 0 Å². The highest BCUT2D eigenvalue weighted by molar-refractivity contribution is 14.1. The molecule has 142 valence electrons. The molecule has 2 fully saturated rings. The van der Waals surface area contributed by atoms with E-state index < -0.39 is 72.4 Å². The van der Waals surface area contributed by atoms with Crippen LogP contribution in [0.2, 0.25) is 0 Å². The fourth-order valence-corrected chi connectivity index (χ4v) is 3.62. The number of nitrogens with two attached hydrogens (primary N) is 1. The number of halogens is 1. The molecule has 0 aliphatic carbocycles. The van der Waals surface area contributed by atoms with Gasteiger partial charge in [0.15, 0.2) is 6.29 Å². The molecule has 10 nitrogen and oxygen atoms in total. The van der Waals surface area contributed by atoms with Gasteiger partial charge in [0, 0.05) is 7.11 Å². The standard InChI is InChI=1S/C13H24INO9/c1-21-11-9(20)7(18)4(2-16)23-13(11)24-10-5(3-17)22-12(14)6(15)8(10)19/h4-13,16-20H,2-3,15H2,1H3. The third-order valence-corrected chi connectivity index (χ3v) is 5.40. The lowest BCUT2D eigenvalue weighted by Gasteiger charge is -2.46. The summed E-state index contributed by atoms with van der Waals surface area (Å²) in [5.74, 6) is 0. The second-order valence-corrected chi connectivity index (χ2v) is 7.01. The lowest BCUT2D eigenvalue weighted by molar-refractivity contribution is -0.335. The minimum atomic E-state index is -1.37. The van der Waals surface area contributed by atoms with Crippen molar-refractivity contribution in [2.45, 2.75) is 59.2 Å². The molecule has 2 aliphatic heterocycles. The summed E-state index contributed by atoms with van der Waals surface area (Å²) in [4.78, 5) is 0. The molecule has 11 heteroatoms. The van der Waals surface area contributed by atoms with E-state index >= 15 is 0 Å². The molecule has 0 aromatic carbocycles. The number of methoxy groups -OCH3 is 1. The summed E-state index contributed by atoms with van der Waals surface area (Å²) >= 11 is 1.91. The van der Waals surface area contributed by atoms with E-state index in [1.807, 2.05) is 22.6 Å². The van der Waals surface area contributed by atoms with Crippen molar-refractivity contribution in [3.63, 3.8) is 0 Å². The van der Waals surface area contributed by atoms with Crippen LogP contribution in [0.15, 0.2) is 0 Å². The van der Waals surface area contributed by atoms with Gasteiger partial charge in [0.1, 0.15) is 46.8 Å². The Kier molecular flexibility index (Phi) is 7.58. The summed E-state index contributed by atoms with van der Waals surface area (Å²) in [6.45, 7) is -0.968. The summed E-state index contributed by atoms with van der Waals surface area (Å²) in [6.07, 6.45) is -9.15. The van der Waals surface area contributed by atoms with Crippen LogP contribution in [0.1, 0.15) is 0 Å². The van der Waals surface area contributed by atoms with Gasteiger partial charge in [0.05, 0.1) is 19.3 Å². The molecular formula is C13H24INO9. The highest BCUT2D eigenvalue weighted by Crippen LogP contribution is 2.30. The Hall–Kier alpha value is 0.330. The summed E-state index contributed by atoms with van der Waals surface area (Å²) in [6, 6.07) is -0.757. The Morgan fingerprint density at radius 1 is 0.958 bits per heavy atom. The Labute approximate surface area is 152 Å². The molecule has 2 rings (SSSR count). The molecule has 0 aromatic heterocycles. The fraction of sp³-hybridized carbons (Fsp3) is 1.00. The molecule has 0 saturated carbocycles. The molecule has 0 amide bonds. The second-order valence-electron chi connectivity index (χ2n) is 5.78. The predicted molar refractivity (Wildman–Crippen MR) is 87.2 cm³/mol. The molecule has 24 heavy (non-hydrogen) atoms. The molecule has 0 spiro atoms. The zero-order valence-electron chi connectivity index (χ0n) is 13.0. The first-order valence-corrected chi connectivity index (χ1v) is 8.75. The zero-order valence-corrected chi connectivity index (χ0v) is 15.2. The normalized spacial score (nSPS) is 50.0. The molecular weight excluding hydrogens is 441 g/mol. The van der Waals surface area contributed by atoms with Gasteiger partial charge in [0.25, 0.3) is 0 Å². The van der Waals surface area contributed by atoms with Crippen molar-refractivity contribution in [3.8, 4) is 0 Å². The van der Waals surface area contributed by atoms with Crippen LogP contribution < -0.4 is 5.73 Å². The number of aliphatic hydroxyl groups excluding tert-OH is 5. The molecule has 7 N–H and O–H groups in total. The van der Waals surface area contributed by atoms with Crippen LogP contribution >= 0.6 is 22.6 Å². The van der Waals surface area contributed by atoms with Gasteiger partial charge in [0.2, 0.25) is 0 Å². The molecule has 2 aliphatic rings. The Bertz CT molecular complexity index is 404. The van der Waals surface area contributed by atoms with E-state index in [4.69, 9.17) is 24.7 Å². The number of rotatable bonds is 5. The molecule has 10 atom stereocenters. The third-order valence-electron chi connectivity index (χ3n) is 4.27. The van der Waals surface area contributed by atoms with Gasteiger partial charge in [-0.1, -0.05) is 0 Å². The SMILES string of the molecule is COC1C(OC2C(CO)OC(I)C(N)C2O)OC(CO)C(O)C1O. The first-order chi connectivity index (χ1) is 11.3. The van der Waals surface area contributed by atoms with E-state index in [2.05, 4.69) is 0 Å². The van der Waals surface area contributed by atoms with Gasteiger partial charge in [-0.05, 0) is 22.6 Å². The van der Waals surface area contributed by atoms with Crippen molar-refractivity contribution in [2.75, 3.05) is 20.3 Å². The van der Waals surface area contributed by atoms with Crippen LogP contribution in [0.5, 0.6) is 0 Å². The maximum absolute atomic E-state index is 10.3. The van der Waals surface area contributed by atoms with Crippen molar-refractivity contribution in [3.05, 3.63) is 0 Å². The first-order valence-electron chi connectivity index (χ1n) is 7.50. The van der Waals surface area contributed by atoms with Crippen LogP contribution in [-0.2, 0) is 18.9 Å². The summed E-state index contributed by atoms with van der Waals surface area (Å²) in [7, 11) is 1.30. The Morgan fingerprint density at radius 2 is 1.58 bits per heavy atom. The minimum Gasteiger partial charge on any atom is -0.394 e. The lowest BCUT2D eigenvalue weighted by Crippen LogP contribution is -2.65. The minimum absolute atomic E-state index is 0.424. The van der Waals surface area contributed by atoms with Gasteiger partial charge in [-0.2, -0.15) is 0 Å². The number of alkyl halides is 1. The van der Waals surface area contributed by atoms with Crippen LogP contribution in [0.4, 0.5) is 0 Å². The van der Waals surface area contributed by atoms with Crippen molar-refractivity contribution >= 4 is 22.6 Å². The van der Waals surface area contributed by atoms with Gasteiger partial charge >= 0.3 is 0 Å². The summed E-state index contributed by atoms with van der Waals surface area (Å²) in [5.41, 5.74) is 5.86. The topological polar surface area (TPSA) is 164 Å². The maximum Gasteiger partial charge on any atom is 0.187 e. The smallest absolute Gasteiger partial charge is 0.187 e. The second kappa shape index (κ2) is 8.81. The predicted octanol–water partition coefficient (Wildman–Crippen LogP) is -3.33. The van der Waals surface area contributed by atoms with E-state index in [9.17, 15) is 25.5 Å². The monoisotopic (exact) mass is 465 g/mol. The maximum atomic E-state index is 10.3. The van der Waals surface area contributed by atoms with Gasteiger partial charge in [-0.15, -0.1) is 0 Å². The Morgan fingerprint density at radius 3 is 2.12 bits per heavy atom. The van der Waals surface area contributed by atoms with E-state index in [0.717, 1.165) is 0 Å². The van der Waals surface area contributed by atoms with Gasteiger partial charge < -0.3 is 50.2 Å². The summed E-state index contributed by atoms with van der Waals surface area (Å²) in [5, 5.41) is 49.1. The molecule has 0 aromatic rings.